The van der Waals surface area contributed by atoms with Crippen molar-refractivity contribution in [2.45, 2.75) is 31.8 Å². The molecule has 0 aromatic heterocycles. The number of para-hydroxylation sites is 1. The summed E-state index contributed by atoms with van der Waals surface area (Å²) in [5.74, 6) is 0.475. The van der Waals surface area contributed by atoms with Gasteiger partial charge in [0.2, 0.25) is 0 Å². The van der Waals surface area contributed by atoms with E-state index in [1.54, 1.807) is 0 Å². The van der Waals surface area contributed by atoms with Gasteiger partial charge in [-0.05, 0) is 54.8 Å². The molecule has 0 aliphatic carbocycles. The van der Waals surface area contributed by atoms with Gasteiger partial charge in [-0.3, -0.25) is 0 Å². The normalized spacial score (nSPS) is 15.8. The second-order valence-corrected chi connectivity index (χ2v) is 8.03. The van der Waals surface area contributed by atoms with Crippen LogP contribution in [0.1, 0.15) is 41.0 Å². The van der Waals surface area contributed by atoms with E-state index in [-0.39, 0.29) is 0 Å². The molecule has 2 heteroatoms. The van der Waals surface area contributed by atoms with Crippen LogP contribution in [0.3, 0.4) is 0 Å². The summed E-state index contributed by atoms with van der Waals surface area (Å²) in [6, 6.07) is 28.7. The van der Waals surface area contributed by atoms with Crippen molar-refractivity contribution in [2.75, 3.05) is 25.5 Å². The minimum Gasteiger partial charge on any atom is -0.370 e. The molecule has 3 aromatic rings. The summed E-state index contributed by atoms with van der Waals surface area (Å²) in [4.78, 5) is 4.84. The zero-order valence-electron chi connectivity index (χ0n) is 17.0. The van der Waals surface area contributed by atoms with E-state index >= 15 is 0 Å². The van der Waals surface area contributed by atoms with E-state index in [9.17, 15) is 0 Å². The Bertz CT molecular complexity index is 903. The van der Waals surface area contributed by atoms with E-state index in [0.717, 1.165) is 19.6 Å². The molecule has 0 bridgehead atoms. The third-order valence-corrected chi connectivity index (χ3v) is 5.89. The highest BCUT2D eigenvalue weighted by atomic mass is 15.1. The average molecular weight is 371 g/mol. The van der Waals surface area contributed by atoms with Gasteiger partial charge in [-0.2, -0.15) is 0 Å². The van der Waals surface area contributed by atoms with Crippen molar-refractivity contribution in [3.8, 4) is 0 Å². The molecule has 3 aromatic carbocycles. The number of rotatable bonds is 6. The van der Waals surface area contributed by atoms with Crippen molar-refractivity contribution in [3.05, 3.63) is 101 Å². The second-order valence-electron chi connectivity index (χ2n) is 8.03. The van der Waals surface area contributed by atoms with Gasteiger partial charge in [-0.15, -0.1) is 0 Å². The minimum absolute atomic E-state index is 0.475. The van der Waals surface area contributed by atoms with Crippen LogP contribution in [0.25, 0.3) is 0 Å². The molecule has 0 amide bonds. The van der Waals surface area contributed by atoms with Crippen LogP contribution >= 0.6 is 0 Å². The fourth-order valence-electron chi connectivity index (χ4n) is 4.51. The number of hydrogen-bond donors (Lipinski definition) is 0. The van der Waals surface area contributed by atoms with Gasteiger partial charge in [0.05, 0.1) is 0 Å². The summed E-state index contributed by atoms with van der Waals surface area (Å²) in [5.41, 5.74) is 7.20. The predicted molar refractivity (Wildman–Crippen MR) is 119 cm³/mol. The molecule has 0 spiro atoms. The third kappa shape index (κ3) is 4.13. The molecular formula is C26H30N2. The lowest BCUT2D eigenvalue weighted by Crippen LogP contribution is -2.19. The topological polar surface area (TPSA) is 6.48 Å². The number of anilines is 1. The van der Waals surface area contributed by atoms with Crippen LogP contribution in [0.2, 0.25) is 0 Å². The Kier molecular flexibility index (Phi) is 5.78. The summed E-state index contributed by atoms with van der Waals surface area (Å²) in [7, 11) is 4.45. The smallest absolute Gasteiger partial charge is 0.0429 e. The van der Waals surface area contributed by atoms with Crippen molar-refractivity contribution >= 4 is 5.69 Å². The number of hydrogen-bond acceptors (Lipinski definition) is 2. The fourth-order valence-corrected chi connectivity index (χ4v) is 4.51. The van der Waals surface area contributed by atoms with E-state index in [1.165, 1.54) is 40.8 Å². The third-order valence-electron chi connectivity index (χ3n) is 5.89. The molecule has 1 aliphatic heterocycles. The van der Waals surface area contributed by atoms with E-state index in [2.05, 4.69) is 103 Å². The van der Waals surface area contributed by atoms with E-state index in [0.29, 0.717) is 5.92 Å². The van der Waals surface area contributed by atoms with Gasteiger partial charge in [-0.1, -0.05) is 72.8 Å². The van der Waals surface area contributed by atoms with Crippen LogP contribution in [-0.2, 0) is 13.1 Å². The molecule has 0 saturated carbocycles. The molecule has 0 saturated heterocycles. The predicted octanol–water partition coefficient (Wildman–Crippen LogP) is 5.68. The van der Waals surface area contributed by atoms with Gasteiger partial charge in [0.15, 0.2) is 0 Å². The minimum atomic E-state index is 0.475. The van der Waals surface area contributed by atoms with Gasteiger partial charge in [-0.25, -0.2) is 0 Å². The molecule has 1 atom stereocenters. The lowest BCUT2D eigenvalue weighted by atomic mass is 9.85. The highest BCUT2D eigenvalue weighted by Crippen LogP contribution is 2.40. The molecular weight excluding hydrogens is 340 g/mol. The van der Waals surface area contributed by atoms with Gasteiger partial charge in [0.25, 0.3) is 0 Å². The van der Waals surface area contributed by atoms with Crippen LogP contribution in [0, 0.1) is 0 Å². The van der Waals surface area contributed by atoms with Gasteiger partial charge in [0, 0.05) is 31.7 Å². The van der Waals surface area contributed by atoms with Crippen molar-refractivity contribution in [3.63, 3.8) is 0 Å². The molecule has 0 N–H and O–H groups in total. The maximum Gasteiger partial charge on any atom is 0.0429 e. The van der Waals surface area contributed by atoms with E-state index < -0.39 is 0 Å². The van der Waals surface area contributed by atoms with Gasteiger partial charge in [0.1, 0.15) is 0 Å². The number of fused-ring (bicyclic) bond motifs is 2. The van der Waals surface area contributed by atoms with Gasteiger partial charge < -0.3 is 9.80 Å². The van der Waals surface area contributed by atoms with Crippen LogP contribution in [-0.4, -0.2) is 25.5 Å². The highest BCUT2D eigenvalue weighted by Gasteiger charge is 2.25. The summed E-state index contributed by atoms with van der Waals surface area (Å²) < 4.78 is 0. The van der Waals surface area contributed by atoms with Gasteiger partial charge >= 0.3 is 0 Å². The first-order valence-electron chi connectivity index (χ1n) is 10.3. The van der Waals surface area contributed by atoms with Crippen molar-refractivity contribution < 1.29 is 0 Å². The van der Waals surface area contributed by atoms with Crippen LogP contribution < -0.4 is 4.90 Å². The fraction of sp³-hybridized carbons (Fsp3) is 0.308. The van der Waals surface area contributed by atoms with Crippen molar-refractivity contribution in [1.82, 2.24) is 4.90 Å². The number of benzene rings is 3. The molecule has 4 rings (SSSR count). The summed E-state index contributed by atoms with van der Waals surface area (Å²) in [6.45, 7) is 3.12. The molecule has 0 radical (unpaired) electrons. The van der Waals surface area contributed by atoms with Crippen LogP contribution in [0.15, 0.2) is 78.9 Å². The SMILES string of the molecule is CN(CCCC1c2ccccc2CN(C)c2ccccc21)Cc1ccccc1. The maximum atomic E-state index is 2.44. The Morgan fingerprint density at radius 1 is 0.857 bits per heavy atom. The molecule has 144 valence electrons. The second kappa shape index (κ2) is 8.62. The Morgan fingerprint density at radius 3 is 2.36 bits per heavy atom. The summed E-state index contributed by atoms with van der Waals surface area (Å²) >= 11 is 0. The van der Waals surface area contributed by atoms with E-state index in [4.69, 9.17) is 0 Å². The average Bonchev–Trinajstić information content (AvgIpc) is 2.84. The standard InChI is InChI=1S/C26H30N2/c1-27(19-21-11-4-3-5-12-21)18-10-16-24-23-14-7-6-13-22(23)20-28(2)26-17-9-8-15-25(24)26/h3-9,11-15,17,24H,10,16,18-20H2,1-2H3. The van der Waals surface area contributed by atoms with Crippen LogP contribution in [0.4, 0.5) is 5.69 Å². The van der Waals surface area contributed by atoms with Crippen LogP contribution in [0.5, 0.6) is 0 Å². The first-order chi connectivity index (χ1) is 13.7. The molecule has 1 unspecified atom stereocenters. The highest BCUT2D eigenvalue weighted by molar-refractivity contribution is 5.60. The zero-order valence-corrected chi connectivity index (χ0v) is 17.0. The molecule has 28 heavy (non-hydrogen) atoms. The monoisotopic (exact) mass is 370 g/mol. The molecule has 2 nitrogen and oxygen atoms in total. The Morgan fingerprint density at radius 2 is 1.54 bits per heavy atom. The first kappa shape index (κ1) is 18.8. The van der Waals surface area contributed by atoms with Crippen molar-refractivity contribution in [2.24, 2.45) is 0 Å². The Balaban J connectivity index is 1.50. The number of nitrogens with zero attached hydrogens (tertiary/aromatic N) is 2. The van der Waals surface area contributed by atoms with E-state index in [1.807, 2.05) is 0 Å². The quantitative estimate of drug-likeness (QED) is 0.551. The first-order valence-corrected chi connectivity index (χ1v) is 10.3. The summed E-state index contributed by atoms with van der Waals surface area (Å²) in [5, 5.41) is 0. The Hall–Kier alpha value is -2.58. The Labute approximate surface area is 169 Å². The molecule has 1 aliphatic rings. The maximum absolute atomic E-state index is 2.44. The zero-order chi connectivity index (χ0) is 19.3. The summed E-state index contributed by atoms with van der Waals surface area (Å²) in [6.07, 6.45) is 2.38. The largest absolute Gasteiger partial charge is 0.370 e. The lowest BCUT2D eigenvalue weighted by Gasteiger charge is -2.23. The molecule has 1 heterocycles. The molecule has 0 fully saturated rings. The lowest BCUT2D eigenvalue weighted by molar-refractivity contribution is 0.316. The van der Waals surface area contributed by atoms with Crippen molar-refractivity contribution in [1.29, 1.82) is 0 Å².